The molecular formula is C12H14BrNO5S2. The second-order valence-corrected chi connectivity index (χ2v) is 9.53. The first-order valence-electron chi connectivity index (χ1n) is 6.19. The van der Waals surface area contributed by atoms with Gasteiger partial charge in [-0.25, -0.2) is 8.42 Å². The van der Waals surface area contributed by atoms with Crippen LogP contribution in [0, 0.1) is 6.92 Å². The summed E-state index contributed by atoms with van der Waals surface area (Å²) in [5.74, 6) is -1.84. The van der Waals surface area contributed by atoms with Gasteiger partial charge in [0, 0.05) is 6.54 Å². The van der Waals surface area contributed by atoms with Crippen molar-refractivity contribution in [3.63, 3.8) is 0 Å². The first-order valence-corrected chi connectivity index (χ1v) is 9.62. The van der Waals surface area contributed by atoms with Gasteiger partial charge >= 0.3 is 5.97 Å². The molecule has 1 amide bonds. The van der Waals surface area contributed by atoms with Gasteiger partial charge in [-0.2, -0.15) is 0 Å². The predicted octanol–water partition coefficient (Wildman–Crippen LogP) is 1.53. The second-order valence-electron chi connectivity index (χ2n) is 4.93. The minimum absolute atomic E-state index is 0.0354. The quantitative estimate of drug-likeness (QED) is 0.837. The lowest BCUT2D eigenvalue weighted by atomic mass is 10.2. The summed E-state index contributed by atoms with van der Waals surface area (Å²) in [5, 5.41) is 8.92. The average molecular weight is 396 g/mol. The van der Waals surface area contributed by atoms with Crippen LogP contribution in [-0.2, 0) is 14.6 Å². The summed E-state index contributed by atoms with van der Waals surface area (Å²) in [4.78, 5) is 25.2. The van der Waals surface area contributed by atoms with E-state index in [1.54, 1.807) is 6.07 Å². The third kappa shape index (κ3) is 3.83. The molecule has 1 aliphatic heterocycles. The van der Waals surface area contributed by atoms with Crippen LogP contribution in [0.25, 0.3) is 0 Å². The molecule has 0 saturated carbocycles. The molecule has 1 atom stereocenters. The van der Waals surface area contributed by atoms with Crippen molar-refractivity contribution in [3.8, 4) is 0 Å². The number of halogens is 1. The number of carbonyl (C=O) groups excluding carboxylic acids is 1. The number of nitrogens with zero attached hydrogens (tertiary/aromatic N) is 1. The number of rotatable bonds is 3. The molecule has 1 fully saturated rings. The van der Waals surface area contributed by atoms with Gasteiger partial charge in [0.05, 0.1) is 32.6 Å². The molecule has 1 unspecified atom stereocenters. The highest BCUT2D eigenvalue weighted by molar-refractivity contribution is 9.11. The summed E-state index contributed by atoms with van der Waals surface area (Å²) >= 11 is 4.61. The van der Waals surface area contributed by atoms with Crippen LogP contribution in [-0.4, -0.2) is 54.4 Å². The van der Waals surface area contributed by atoms with Crippen molar-refractivity contribution in [1.29, 1.82) is 0 Å². The Kier molecular flexibility index (Phi) is 4.74. The molecule has 2 heterocycles. The molecule has 1 aliphatic rings. The normalized spacial score (nSPS) is 21.2. The van der Waals surface area contributed by atoms with Gasteiger partial charge in [0.25, 0.3) is 5.91 Å². The number of hydrogen-bond acceptors (Lipinski definition) is 5. The van der Waals surface area contributed by atoms with Crippen LogP contribution in [0.5, 0.6) is 0 Å². The van der Waals surface area contributed by atoms with Crippen LogP contribution in [0.4, 0.5) is 0 Å². The zero-order chi connectivity index (χ0) is 15.8. The highest BCUT2D eigenvalue weighted by Crippen LogP contribution is 2.29. The van der Waals surface area contributed by atoms with E-state index in [4.69, 9.17) is 5.11 Å². The van der Waals surface area contributed by atoms with E-state index in [1.165, 1.54) is 16.2 Å². The fraction of sp³-hybridized carbons (Fsp3) is 0.500. The Morgan fingerprint density at radius 1 is 1.52 bits per heavy atom. The van der Waals surface area contributed by atoms with Gasteiger partial charge in [-0.1, -0.05) is 0 Å². The Morgan fingerprint density at radius 3 is 2.71 bits per heavy atom. The topological polar surface area (TPSA) is 91.8 Å². The maximum atomic E-state index is 12.5. The molecule has 6 nitrogen and oxygen atoms in total. The summed E-state index contributed by atoms with van der Waals surface area (Å²) in [5.41, 5.74) is 0.919. The number of amides is 1. The lowest BCUT2D eigenvalue weighted by Crippen LogP contribution is -2.51. The highest BCUT2D eigenvalue weighted by Gasteiger charge is 2.36. The number of thiophene rings is 1. The van der Waals surface area contributed by atoms with E-state index in [-0.39, 0.29) is 30.4 Å². The van der Waals surface area contributed by atoms with Crippen molar-refractivity contribution in [2.75, 3.05) is 18.1 Å². The van der Waals surface area contributed by atoms with Crippen molar-refractivity contribution in [2.45, 2.75) is 19.4 Å². The van der Waals surface area contributed by atoms with Crippen LogP contribution in [0.3, 0.4) is 0 Å². The molecule has 0 aromatic carbocycles. The molecular weight excluding hydrogens is 382 g/mol. The minimum Gasteiger partial charge on any atom is -0.481 e. The third-order valence-electron chi connectivity index (χ3n) is 3.27. The van der Waals surface area contributed by atoms with Gasteiger partial charge in [-0.3, -0.25) is 9.59 Å². The van der Waals surface area contributed by atoms with Gasteiger partial charge in [-0.15, -0.1) is 11.3 Å². The summed E-state index contributed by atoms with van der Waals surface area (Å²) in [6, 6.07) is 0.910. The fourth-order valence-electron chi connectivity index (χ4n) is 2.23. The van der Waals surface area contributed by atoms with Gasteiger partial charge in [0.2, 0.25) is 0 Å². The number of hydrogen-bond donors (Lipinski definition) is 1. The van der Waals surface area contributed by atoms with Gasteiger partial charge in [0.15, 0.2) is 9.84 Å². The number of carboxylic acids is 1. The Bertz CT molecular complexity index is 662. The lowest BCUT2D eigenvalue weighted by Gasteiger charge is -2.34. The van der Waals surface area contributed by atoms with Crippen LogP contribution in [0.1, 0.15) is 21.7 Å². The number of carboxylic acid groups (broad SMARTS) is 1. The third-order valence-corrected chi connectivity index (χ3v) is 7.09. The molecule has 9 heteroatoms. The Balaban J connectivity index is 2.26. The van der Waals surface area contributed by atoms with Gasteiger partial charge in [-0.05, 0) is 34.5 Å². The van der Waals surface area contributed by atoms with Crippen molar-refractivity contribution in [2.24, 2.45) is 0 Å². The van der Waals surface area contributed by atoms with Gasteiger partial charge in [0.1, 0.15) is 0 Å². The van der Waals surface area contributed by atoms with E-state index in [1.807, 2.05) is 6.92 Å². The zero-order valence-corrected chi connectivity index (χ0v) is 14.4. The minimum atomic E-state index is -3.29. The fourth-order valence-corrected chi connectivity index (χ4v) is 5.25. The monoisotopic (exact) mass is 395 g/mol. The number of aliphatic carboxylic acids is 1. The Morgan fingerprint density at radius 2 is 2.19 bits per heavy atom. The van der Waals surface area contributed by atoms with Crippen molar-refractivity contribution >= 4 is 49.0 Å². The maximum Gasteiger partial charge on any atom is 0.305 e. The molecule has 0 bridgehead atoms. The molecule has 1 aromatic heterocycles. The van der Waals surface area contributed by atoms with Crippen LogP contribution in [0.15, 0.2) is 9.85 Å². The molecule has 1 aromatic rings. The Labute approximate surface area is 134 Å². The smallest absolute Gasteiger partial charge is 0.305 e. The number of carbonyl (C=O) groups is 2. The summed E-state index contributed by atoms with van der Waals surface area (Å²) < 4.78 is 24.2. The first-order chi connectivity index (χ1) is 9.69. The number of sulfone groups is 1. The van der Waals surface area contributed by atoms with Crippen LogP contribution >= 0.6 is 27.3 Å². The van der Waals surface area contributed by atoms with Crippen molar-refractivity contribution in [1.82, 2.24) is 4.90 Å². The lowest BCUT2D eigenvalue weighted by molar-refractivity contribution is -0.138. The van der Waals surface area contributed by atoms with E-state index in [0.717, 1.165) is 9.35 Å². The number of aryl methyl sites for hydroxylation is 1. The molecule has 116 valence electrons. The standard InChI is InChI=1S/C12H14BrNO5S2/c1-7-4-9(20-11(7)13)12(17)14-2-3-21(18,19)6-8(14)5-10(15)16/h4,8H,2-3,5-6H2,1H3,(H,15,16). The Hall–Kier alpha value is -0.930. The zero-order valence-electron chi connectivity index (χ0n) is 11.2. The molecule has 2 rings (SSSR count). The molecule has 1 N–H and O–H groups in total. The average Bonchev–Trinajstić information content (AvgIpc) is 2.67. The molecule has 0 radical (unpaired) electrons. The van der Waals surface area contributed by atoms with Crippen LogP contribution < -0.4 is 0 Å². The van der Waals surface area contributed by atoms with E-state index < -0.39 is 21.8 Å². The first kappa shape index (κ1) is 16.4. The van der Waals surface area contributed by atoms with Crippen molar-refractivity contribution in [3.05, 3.63) is 20.3 Å². The highest BCUT2D eigenvalue weighted by atomic mass is 79.9. The summed E-state index contributed by atoms with van der Waals surface area (Å²) in [6.07, 6.45) is -0.365. The van der Waals surface area contributed by atoms with E-state index in [9.17, 15) is 18.0 Å². The molecule has 1 saturated heterocycles. The SMILES string of the molecule is Cc1cc(C(=O)N2CCS(=O)(=O)CC2CC(=O)O)sc1Br. The maximum absolute atomic E-state index is 12.5. The summed E-state index contributed by atoms with van der Waals surface area (Å²) in [6.45, 7) is 1.89. The predicted molar refractivity (Wildman–Crippen MR) is 82.5 cm³/mol. The van der Waals surface area contributed by atoms with E-state index >= 15 is 0 Å². The van der Waals surface area contributed by atoms with E-state index in [0.29, 0.717) is 4.88 Å². The molecule has 0 spiro atoms. The molecule has 0 aliphatic carbocycles. The van der Waals surface area contributed by atoms with E-state index in [2.05, 4.69) is 15.9 Å². The second kappa shape index (κ2) is 6.05. The van der Waals surface area contributed by atoms with Crippen LogP contribution in [0.2, 0.25) is 0 Å². The van der Waals surface area contributed by atoms with Gasteiger partial charge < -0.3 is 10.0 Å². The molecule has 21 heavy (non-hydrogen) atoms. The largest absolute Gasteiger partial charge is 0.481 e. The van der Waals surface area contributed by atoms with Crippen molar-refractivity contribution < 1.29 is 23.1 Å². The summed E-state index contributed by atoms with van der Waals surface area (Å²) in [7, 11) is -3.29.